The molecule has 1 aliphatic carbocycles. The van der Waals surface area contributed by atoms with Gasteiger partial charge in [-0.05, 0) is 61.7 Å². The van der Waals surface area contributed by atoms with Crippen LogP contribution in [-0.4, -0.2) is 91.1 Å². The number of benzene rings is 1. The largest absolute Gasteiger partial charge is 0.380 e. The van der Waals surface area contributed by atoms with Gasteiger partial charge in [0.05, 0.1) is 42.6 Å². The predicted molar refractivity (Wildman–Crippen MR) is 174 cm³/mol. The number of hydrogen-bond donors (Lipinski definition) is 1. The second-order valence-corrected chi connectivity index (χ2v) is 13.6. The topological polar surface area (TPSA) is 90.9 Å². The molecular weight excluding hydrogens is 588 g/mol. The molecule has 1 N–H and O–H groups in total. The van der Waals surface area contributed by atoms with E-state index in [0.29, 0.717) is 55.5 Å². The fraction of sp³-hybridized carbons (Fsp3) is 0.429. The van der Waals surface area contributed by atoms with Crippen LogP contribution in [0.2, 0.25) is 5.15 Å². The zero-order valence-corrected chi connectivity index (χ0v) is 26.6. The van der Waals surface area contributed by atoms with Gasteiger partial charge in [0.2, 0.25) is 5.91 Å². The lowest BCUT2D eigenvalue weighted by atomic mass is 9.59. The number of piperazine rings is 1. The van der Waals surface area contributed by atoms with Gasteiger partial charge < -0.3 is 24.8 Å². The average Bonchev–Trinajstić information content (AvgIpc) is 2.99. The lowest BCUT2D eigenvalue weighted by Crippen LogP contribution is -2.58. The van der Waals surface area contributed by atoms with Crippen LogP contribution in [0.4, 0.5) is 5.69 Å². The number of nitrogens with one attached hydrogen (secondary N) is 1. The van der Waals surface area contributed by atoms with Gasteiger partial charge in [0.1, 0.15) is 5.15 Å². The summed E-state index contributed by atoms with van der Waals surface area (Å²) in [4.78, 5) is 41.1. The van der Waals surface area contributed by atoms with E-state index in [9.17, 15) is 9.59 Å². The molecule has 45 heavy (non-hydrogen) atoms. The molecular formula is C35H39ClN6O3. The maximum absolute atomic E-state index is 13.3. The van der Waals surface area contributed by atoms with Crippen molar-refractivity contribution in [1.82, 2.24) is 25.1 Å². The first-order valence-electron chi connectivity index (χ1n) is 15.8. The summed E-state index contributed by atoms with van der Waals surface area (Å²) >= 11 is 6.11. The number of amides is 2. The first-order chi connectivity index (χ1) is 21.8. The van der Waals surface area contributed by atoms with Crippen molar-refractivity contribution in [2.75, 3.05) is 64.4 Å². The molecule has 9 nitrogen and oxygen atoms in total. The summed E-state index contributed by atoms with van der Waals surface area (Å²) in [6.07, 6.45) is 7.48. The van der Waals surface area contributed by atoms with E-state index in [2.05, 4.69) is 62.5 Å². The van der Waals surface area contributed by atoms with Crippen LogP contribution in [0.5, 0.6) is 0 Å². The van der Waals surface area contributed by atoms with Gasteiger partial charge in [-0.15, -0.1) is 0 Å². The summed E-state index contributed by atoms with van der Waals surface area (Å²) in [5, 5.41) is 3.64. The van der Waals surface area contributed by atoms with Crippen LogP contribution >= 0.6 is 11.6 Å². The highest BCUT2D eigenvalue weighted by Crippen LogP contribution is 2.54. The van der Waals surface area contributed by atoms with Gasteiger partial charge in [-0.2, -0.15) is 0 Å². The fourth-order valence-corrected chi connectivity index (χ4v) is 7.41. The van der Waals surface area contributed by atoms with Gasteiger partial charge in [-0.1, -0.05) is 41.4 Å². The number of rotatable bonds is 7. The number of halogens is 1. The summed E-state index contributed by atoms with van der Waals surface area (Å²) in [5.41, 5.74) is 7.81. The predicted octanol–water partition coefficient (Wildman–Crippen LogP) is 4.44. The van der Waals surface area contributed by atoms with Crippen molar-refractivity contribution >= 4 is 34.7 Å². The maximum Gasteiger partial charge on any atom is 0.253 e. The van der Waals surface area contributed by atoms with E-state index in [4.69, 9.17) is 16.3 Å². The lowest BCUT2D eigenvalue weighted by Gasteiger charge is -2.56. The van der Waals surface area contributed by atoms with Crippen molar-refractivity contribution in [3.63, 3.8) is 0 Å². The van der Waals surface area contributed by atoms with Crippen molar-refractivity contribution in [2.45, 2.75) is 25.8 Å². The molecule has 0 radical (unpaired) electrons. The number of anilines is 1. The van der Waals surface area contributed by atoms with Crippen molar-refractivity contribution in [1.29, 1.82) is 0 Å². The molecule has 0 bridgehead atoms. The molecule has 1 atom stereocenters. The number of allylic oxidation sites excluding steroid dienone is 1. The third-order valence-electron chi connectivity index (χ3n) is 9.73. The number of pyridine rings is 2. The monoisotopic (exact) mass is 626 g/mol. The number of hydrogen-bond acceptors (Lipinski definition) is 7. The van der Waals surface area contributed by atoms with Crippen LogP contribution in [0.15, 0.2) is 66.6 Å². The molecule has 4 aliphatic rings. The average molecular weight is 627 g/mol. The number of aromatic nitrogens is 2. The molecule has 3 saturated heterocycles. The highest BCUT2D eigenvalue weighted by molar-refractivity contribution is 6.29. The first kappa shape index (κ1) is 29.9. The Morgan fingerprint density at radius 3 is 2.29 bits per heavy atom. The zero-order valence-electron chi connectivity index (χ0n) is 25.8. The lowest BCUT2D eigenvalue weighted by molar-refractivity contribution is -0.150. The Labute approximate surface area is 269 Å². The number of carbonyl (C=O) groups is 2. The van der Waals surface area contributed by atoms with Gasteiger partial charge in [-0.3, -0.25) is 14.6 Å². The molecule has 7 rings (SSSR count). The second-order valence-electron chi connectivity index (χ2n) is 13.2. The second kappa shape index (κ2) is 12.2. The molecule has 3 aliphatic heterocycles. The quantitative estimate of drug-likeness (QED) is 0.388. The molecule has 2 aromatic heterocycles. The van der Waals surface area contributed by atoms with Gasteiger partial charge in [0.15, 0.2) is 0 Å². The Balaban J connectivity index is 1.00. The molecule has 3 aromatic rings. The Kier molecular flexibility index (Phi) is 8.10. The van der Waals surface area contributed by atoms with E-state index < -0.39 is 0 Å². The third-order valence-corrected chi connectivity index (χ3v) is 9.96. The Morgan fingerprint density at radius 2 is 1.67 bits per heavy atom. The summed E-state index contributed by atoms with van der Waals surface area (Å²) < 4.78 is 5.18. The Hall–Kier alpha value is -3.79. The minimum absolute atomic E-state index is 0.00745. The van der Waals surface area contributed by atoms with Crippen molar-refractivity contribution < 1.29 is 14.3 Å². The molecule has 1 saturated carbocycles. The van der Waals surface area contributed by atoms with Gasteiger partial charge in [0.25, 0.3) is 5.91 Å². The van der Waals surface area contributed by atoms with Crippen LogP contribution in [0.1, 0.15) is 52.9 Å². The number of likely N-dealkylation sites (tertiary alicyclic amines) is 1. The molecule has 10 heteroatoms. The molecule has 1 unspecified atom stereocenters. The zero-order chi connectivity index (χ0) is 31.1. The van der Waals surface area contributed by atoms with Gasteiger partial charge in [0, 0.05) is 62.6 Å². The minimum Gasteiger partial charge on any atom is -0.380 e. The summed E-state index contributed by atoms with van der Waals surface area (Å²) in [6.45, 7) is 8.10. The van der Waals surface area contributed by atoms with E-state index in [-0.39, 0.29) is 23.8 Å². The van der Waals surface area contributed by atoms with E-state index >= 15 is 0 Å². The highest BCUT2D eigenvalue weighted by Gasteiger charge is 2.49. The fourth-order valence-electron chi connectivity index (χ4n) is 7.30. The third kappa shape index (κ3) is 6.09. The first-order valence-corrected chi connectivity index (χ1v) is 16.1. The Bertz CT molecular complexity index is 1600. The smallest absolute Gasteiger partial charge is 0.253 e. The van der Waals surface area contributed by atoms with Crippen molar-refractivity contribution in [3.05, 3.63) is 94.0 Å². The van der Waals surface area contributed by atoms with Gasteiger partial charge >= 0.3 is 0 Å². The standard InChI is InChI=1S/C35H39ClN6O3/c1-23(39-33(43)27-13-30(18-37-16-27)41-9-11-42(12-10-41)34(44)29-19-45-20-29)24-3-5-25(6-4-24)32(26-7-8-31(36)38-17-26)28-14-35(15-28)21-40(2)22-35/h3-8,13,16-18,23,29H,9-12,14-15,19-22H2,1-2H3,(H,39,43). The Morgan fingerprint density at radius 1 is 0.956 bits per heavy atom. The van der Waals surface area contributed by atoms with Crippen LogP contribution in [-0.2, 0) is 9.53 Å². The maximum atomic E-state index is 13.3. The number of ether oxygens (including phenoxy) is 1. The normalized spacial score (nSPS) is 20.2. The van der Waals surface area contributed by atoms with Crippen LogP contribution in [0, 0.1) is 11.3 Å². The van der Waals surface area contributed by atoms with Crippen LogP contribution < -0.4 is 10.2 Å². The SMILES string of the molecule is CC(NC(=O)c1cncc(N2CCN(C(=O)C3COC3)CC2)c1)c1ccc(C(=C2CC3(C2)CN(C)C3)c2ccc(Cl)nc2)cc1. The minimum atomic E-state index is -0.189. The molecule has 4 fully saturated rings. The highest BCUT2D eigenvalue weighted by atomic mass is 35.5. The van der Waals surface area contributed by atoms with Gasteiger partial charge in [-0.25, -0.2) is 4.98 Å². The van der Waals surface area contributed by atoms with E-state index in [1.165, 1.54) is 11.1 Å². The molecule has 1 aromatic carbocycles. The number of carbonyl (C=O) groups excluding carboxylic acids is 2. The molecule has 2 amide bonds. The molecule has 234 valence electrons. The summed E-state index contributed by atoms with van der Waals surface area (Å²) in [6, 6.07) is 14.1. The van der Waals surface area contributed by atoms with Crippen molar-refractivity contribution in [3.8, 4) is 0 Å². The summed E-state index contributed by atoms with van der Waals surface area (Å²) in [7, 11) is 2.18. The van der Waals surface area contributed by atoms with E-state index in [0.717, 1.165) is 48.3 Å². The molecule has 5 heterocycles. The van der Waals surface area contributed by atoms with E-state index in [1.807, 2.05) is 30.2 Å². The van der Waals surface area contributed by atoms with E-state index in [1.54, 1.807) is 12.4 Å². The summed E-state index contributed by atoms with van der Waals surface area (Å²) in [5.74, 6) is 0.0233. The van der Waals surface area contributed by atoms with Crippen LogP contribution in [0.25, 0.3) is 5.57 Å². The molecule has 1 spiro atoms. The van der Waals surface area contributed by atoms with Crippen molar-refractivity contribution in [2.24, 2.45) is 11.3 Å². The van der Waals surface area contributed by atoms with Crippen LogP contribution in [0.3, 0.4) is 0 Å². The number of nitrogens with zero attached hydrogens (tertiary/aromatic N) is 5.